The molecule has 41 heavy (non-hydrogen) atoms. The van der Waals surface area contributed by atoms with Crippen molar-refractivity contribution in [2.75, 3.05) is 38.5 Å². The van der Waals surface area contributed by atoms with E-state index in [0.29, 0.717) is 5.75 Å². The lowest BCUT2D eigenvalue weighted by atomic mass is 10.1. The highest BCUT2D eigenvalue weighted by atomic mass is 32.2. The van der Waals surface area contributed by atoms with Gasteiger partial charge in [0, 0.05) is 36.5 Å². The van der Waals surface area contributed by atoms with Crippen molar-refractivity contribution >= 4 is 43.8 Å². The zero-order valence-corrected chi connectivity index (χ0v) is 24.5. The summed E-state index contributed by atoms with van der Waals surface area (Å²) < 4.78 is 39.2. The number of aromatic hydroxyl groups is 1. The molecule has 3 aromatic carbocycles. The molecule has 1 unspecified atom stereocenters. The minimum absolute atomic E-state index is 0.102. The molecule has 11 nitrogen and oxygen atoms in total. The summed E-state index contributed by atoms with van der Waals surface area (Å²) in [6.45, 7) is 5.30. The first-order valence-corrected chi connectivity index (χ1v) is 14.5. The number of aromatic amines is 1. The fourth-order valence-electron chi connectivity index (χ4n) is 4.17. The lowest BCUT2D eigenvalue weighted by molar-refractivity contribution is 0.0117. The van der Waals surface area contributed by atoms with Crippen molar-refractivity contribution < 1.29 is 32.9 Å². The van der Waals surface area contributed by atoms with Gasteiger partial charge < -0.3 is 29.6 Å². The number of amides is 1. The standard InChI is InChI=1S/C29H36N4O7S/c1-29(2,3)40-28(36)33(18-27(35)19-10-13-26(34)25(16-19)31-41(37,38)32(4)5)14-15-39-20-11-12-22-21-8-6-7-9-23(21)30-24(22)17-20/h6-13,16-17,27,30-31,34-35H,14-15,18H2,1-5H3. The summed E-state index contributed by atoms with van der Waals surface area (Å²) in [5.74, 6) is 0.306. The second kappa shape index (κ2) is 11.9. The number of carbonyl (C=O) groups is 1. The number of anilines is 1. The molecule has 0 saturated heterocycles. The Bertz CT molecular complexity index is 1640. The van der Waals surface area contributed by atoms with Gasteiger partial charge in [0.1, 0.15) is 23.7 Å². The second-order valence-electron chi connectivity index (χ2n) is 10.8. The third-order valence-corrected chi connectivity index (χ3v) is 7.72. The number of hydrogen-bond acceptors (Lipinski definition) is 7. The Balaban J connectivity index is 1.48. The van der Waals surface area contributed by atoms with Gasteiger partial charge in [-0.15, -0.1) is 0 Å². The number of benzene rings is 3. The molecule has 0 fully saturated rings. The predicted molar refractivity (Wildman–Crippen MR) is 158 cm³/mol. The van der Waals surface area contributed by atoms with Crippen LogP contribution in [0.5, 0.6) is 11.5 Å². The first-order valence-electron chi connectivity index (χ1n) is 13.1. The first kappa shape index (κ1) is 30.0. The van der Waals surface area contributed by atoms with Crippen LogP contribution in [0.1, 0.15) is 32.4 Å². The van der Waals surface area contributed by atoms with Crippen LogP contribution in [0, 0.1) is 0 Å². The summed E-state index contributed by atoms with van der Waals surface area (Å²) >= 11 is 0. The van der Waals surface area contributed by atoms with Crippen LogP contribution in [0.3, 0.4) is 0 Å². The molecule has 0 aliphatic rings. The summed E-state index contributed by atoms with van der Waals surface area (Å²) in [6, 6.07) is 17.8. The average Bonchev–Trinajstić information content (AvgIpc) is 3.26. The zero-order chi connectivity index (χ0) is 29.9. The van der Waals surface area contributed by atoms with Crippen molar-refractivity contribution in [2.45, 2.75) is 32.5 Å². The van der Waals surface area contributed by atoms with E-state index in [1.54, 1.807) is 20.8 Å². The van der Waals surface area contributed by atoms with E-state index >= 15 is 0 Å². The van der Waals surface area contributed by atoms with Crippen molar-refractivity contribution in [1.29, 1.82) is 0 Å². The van der Waals surface area contributed by atoms with E-state index in [0.717, 1.165) is 26.1 Å². The van der Waals surface area contributed by atoms with Gasteiger partial charge >= 0.3 is 16.3 Å². The smallest absolute Gasteiger partial charge is 0.410 e. The Morgan fingerprint density at radius 3 is 2.44 bits per heavy atom. The van der Waals surface area contributed by atoms with Gasteiger partial charge in [0.25, 0.3) is 0 Å². The number of nitrogens with one attached hydrogen (secondary N) is 2. The Morgan fingerprint density at radius 1 is 1.02 bits per heavy atom. The predicted octanol–water partition coefficient (Wildman–Crippen LogP) is 4.59. The summed E-state index contributed by atoms with van der Waals surface area (Å²) in [5.41, 5.74) is 1.37. The van der Waals surface area contributed by atoms with Crippen LogP contribution in [0.15, 0.2) is 60.7 Å². The molecule has 1 atom stereocenters. The summed E-state index contributed by atoms with van der Waals surface area (Å²) in [7, 11) is -1.21. The molecule has 1 heterocycles. The topological polar surface area (TPSA) is 144 Å². The minimum Gasteiger partial charge on any atom is -0.506 e. The van der Waals surface area contributed by atoms with E-state index < -0.39 is 28.0 Å². The van der Waals surface area contributed by atoms with Gasteiger partial charge in [0.2, 0.25) is 0 Å². The number of rotatable bonds is 10. The van der Waals surface area contributed by atoms with Crippen LogP contribution >= 0.6 is 0 Å². The van der Waals surface area contributed by atoms with E-state index in [4.69, 9.17) is 9.47 Å². The highest BCUT2D eigenvalue weighted by molar-refractivity contribution is 7.90. The van der Waals surface area contributed by atoms with Gasteiger partial charge in [0.05, 0.1) is 30.4 Å². The lowest BCUT2D eigenvalue weighted by Crippen LogP contribution is -2.41. The number of carbonyl (C=O) groups excluding carboxylic acids is 1. The molecular weight excluding hydrogens is 548 g/mol. The van der Waals surface area contributed by atoms with Crippen LogP contribution in [0.25, 0.3) is 21.8 Å². The molecule has 0 radical (unpaired) electrons. The fraction of sp³-hybridized carbons (Fsp3) is 0.345. The molecule has 0 spiro atoms. The van der Waals surface area contributed by atoms with Crippen LogP contribution in [0.2, 0.25) is 0 Å². The number of phenolic OH excluding ortho intramolecular Hbond substituents is 1. The third-order valence-electron chi connectivity index (χ3n) is 6.28. The van der Waals surface area contributed by atoms with Gasteiger partial charge in [-0.1, -0.05) is 24.3 Å². The Hall–Kier alpha value is -4.00. The average molecular weight is 585 g/mol. The molecule has 0 aliphatic carbocycles. The van der Waals surface area contributed by atoms with Crippen LogP contribution in [-0.2, 0) is 14.9 Å². The summed E-state index contributed by atoms with van der Waals surface area (Å²) in [6.07, 6.45) is -1.85. The maximum Gasteiger partial charge on any atom is 0.410 e. The molecule has 1 aromatic heterocycles. The normalized spacial score (nSPS) is 13.0. The van der Waals surface area contributed by atoms with Crippen LogP contribution < -0.4 is 9.46 Å². The number of aliphatic hydroxyl groups is 1. The molecular formula is C29H36N4O7S. The molecule has 0 aliphatic heterocycles. The number of nitrogens with zero attached hydrogens (tertiary/aromatic N) is 2. The van der Waals surface area contributed by atoms with E-state index in [1.165, 1.54) is 37.2 Å². The van der Waals surface area contributed by atoms with Gasteiger partial charge in [-0.25, -0.2) is 4.79 Å². The summed E-state index contributed by atoms with van der Waals surface area (Å²) in [5, 5.41) is 23.4. The molecule has 220 valence electrons. The number of aromatic nitrogens is 1. The van der Waals surface area contributed by atoms with E-state index in [1.807, 2.05) is 42.5 Å². The van der Waals surface area contributed by atoms with E-state index in [2.05, 4.69) is 9.71 Å². The van der Waals surface area contributed by atoms with E-state index in [9.17, 15) is 23.4 Å². The van der Waals surface area contributed by atoms with Gasteiger partial charge in [-0.05, 0) is 56.7 Å². The highest BCUT2D eigenvalue weighted by Crippen LogP contribution is 2.30. The third kappa shape index (κ3) is 7.40. The molecule has 4 rings (SSSR count). The largest absolute Gasteiger partial charge is 0.506 e. The van der Waals surface area contributed by atoms with Gasteiger partial charge in [0.15, 0.2) is 0 Å². The number of phenols is 1. The molecule has 1 amide bonds. The number of para-hydroxylation sites is 1. The van der Waals surface area contributed by atoms with Crippen molar-refractivity contribution in [2.24, 2.45) is 0 Å². The molecule has 4 aromatic rings. The molecule has 12 heteroatoms. The number of ether oxygens (including phenoxy) is 2. The molecule has 0 saturated carbocycles. The van der Waals surface area contributed by atoms with E-state index in [-0.39, 0.29) is 36.7 Å². The Kier molecular flexibility index (Phi) is 8.66. The Labute approximate surface area is 239 Å². The maximum atomic E-state index is 13.0. The van der Waals surface area contributed by atoms with Crippen molar-refractivity contribution in [3.63, 3.8) is 0 Å². The molecule has 0 bridgehead atoms. The van der Waals surface area contributed by atoms with Crippen LogP contribution in [-0.4, -0.2) is 78.3 Å². The quantitative estimate of drug-likeness (QED) is 0.200. The van der Waals surface area contributed by atoms with Crippen molar-refractivity contribution in [3.8, 4) is 11.5 Å². The number of hydrogen-bond donors (Lipinski definition) is 4. The maximum absolute atomic E-state index is 13.0. The van der Waals surface area contributed by atoms with Crippen molar-refractivity contribution in [1.82, 2.24) is 14.2 Å². The van der Waals surface area contributed by atoms with Gasteiger partial charge in [-0.3, -0.25) is 4.72 Å². The second-order valence-corrected chi connectivity index (χ2v) is 12.7. The fourth-order valence-corrected chi connectivity index (χ4v) is 4.79. The highest BCUT2D eigenvalue weighted by Gasteiger charge is 2.25. The SMILES string of the molecule is CN(C)S(=O)(=O)Nc1cc(C(O)CN(CCOc2ccc3c(c2)[nH]c2ccccc23)C(=O)OC(C)(C)C)ccc1O. The number of H-pyrrole nitrogens is 1. The van der Waals surface area contributed by atoms with Crippen LogP contribution in [0.4, 0.5) is 10.5 Å². The van der Waals surface area contributed by atoms with Gasteiger partial charge in [-0.2, -0.15) is 12.7 Å². The minimum atomic E-state index is -3.89. The number of aliphatic hydroxyl groups excluding tert-OH is 1. The summed E-state index contributed by atoms with van der Waals surface area (Å²) in [4.78, 5) is 17.7. The number of fused-ring (bicyclic) bond motifs is 3. The lowest BCUT2D eigenvalue weighted by Gasteiger charge is -2.29. The first-order chi connectivity index (χ1) is 19.2. The zero-order valence-electron chi connectivity index (χ0n) is 23.7. The Morgan fingerprint density at radius 2 is 1.73 bits per heavy atom. The molecule has 4 N–H and O–H groups in total. The van der Waals surface area contributed by atoms with Crippen molar-refractivity contribution in [3.05, 3.63) is 66.2 Å². The monoisotopic (exact) mass is 584 g/mol.